The molecule has 0 fully saturated rings. The van der Waals surface area contributed by atoms with E-state index in [9.17, 15) is 24.0 Å². The summed E-state index contributed by atoms with van der Waals surface area (Å²) in [6.45, 7) is 4.11. The fraction of sp³-hybridized carbons (Fsp3) is 0.148. The highest BCUT2D eigenvalue weighted by atomic mass is 16.2. The highest BCUT2D eigenvalue weighted by molar-refractivity contribution is 6.24. The quantitative estimate of drug-likeness (QED) is 0.446. The van der Waals surface area contributed by atoms with Crippen LogP contribution >= 0.6 is 0 Å². The molecule has 0 aliphatic carbocycles. The molecule has 34 heavy (non-hydrogen) atoms. The normalized spacial score (nSPS) is 14.7. The Morgan fingerprint density at radius 2 is 1.18 bits per heavy atom. The van der Waals surface area contributed by atoms with Crippen LogP contribution in [0.3, 0.4) is 0 Å². The van der Waals surface area contributed by atoms with Crippen LogP contribution in [-0.4, -0.2) is 46.3 Å². The van der Waals surface area contributed by atoms with E-state index in [1.165, 1.54) is 48.3 Å². The van der Waals surface area contributed by atoms with Crippen LogP contribution in [0.5, 0.6) is 0 Å². The van der Waals surface area contributed by atoms with Crippen molar-refractivity contribution < 1.29 is 24.0 Å². The Hall–Kier alpha value is -4.39. The van der Waals surface area contributed by atoms with Gasteiger partial charge in [0, 0.05) is 18.2 Å². The number of amides is 4. The summed E-state index contributed by atoms with van der Waals surface area (Å²) in [5.74, 6) is -2.14. The van der Waals surface area contributed by atoms with Crippen LogP contribution in [0.1, 0.15) is 74.0 Å². The molecule has 0 saturated carbocycles. The van der Waals surface area contributed by atoms with Crippen molar-refractivity contribution in [3.63, 3.8) is 0 Å². The van der Waals surface area contributed by atoms with Crippen LogP contribution in [0.2, 0.25) is 0 Å². The first kappa shape index (κ1) is 21.5. The molecule has 3 aromatic carbocycles. The number of imide groups is 2. The van der Waals surface area contributed by atoms with E-state index in [0.29, 0.717) is 0 Å². The number of carbonyl (C=O) groups is 5. The van der Waals surface area contributed by atoms with E-state index in [2.05, 4.69) is 0 Å². The van der Waals surface area contributed by atoms with Gasteiger partial charge in [0.25, 0.3) is 23.6 Å². The molecule has 5 rings (SSSR count). The van der Waals surface area contributed by atoms with Crippen molar-refractivity contribution in [2.24, 2.45) is 0 Å². The van der Waals surface area contributed by atoms with E-state index < -0.39 is 29.4 Å². The summed E-state index contributed by atoms with van der Waals surface area (Å²) in [7, 11) is 1.39. The average molecular weight is 452 g/mol. The van der Waals surface area contributed by atoms with Crippen molar-refractivity contribution in [3.8, 4) is 0 Å². The van der Waals surface area contributed by atoms with Crippen LogP contribution in [-0.2, 0) is 6.54 Å². The fourth-order valence-corrected chi connectivity index (χ4v) is 4.33. The van der Waals surface area contributed by atoms with Gasteiger partial charge < -0.3 is 0 Å². The van der Waals surface area contributed by atoms with Crippen LogP contribution in [0.4, 0.5) is 0 Å². The maximum atomic E-state index is 13.1. The van der Waals surface area contributed by atoms with Crippen LogP contribution < -0.4 is 0 Å². The van der Waals surface area contributed by atoms with Crippen molar-refractivity contribution in [2.75, 3.05) is 7.05 Å². The number of fused-ring (bicyclic) bond motifs is 2. The molecule has 0 bridgehead atoms. The molecule has 168 valence electrons. The summed E-state index contributed by atoms with van der Waals surface area (Å²) in [6, 6.07) is 14.5. The average Bonchev–Trinajstić information content (AvgIpc) is 3.20. The van der Waals surface area contributed by atoms with Gasteiger partial charge >= 0.3 is 0 Å². The Kier molecular flexibility index (Phi) is 4.79. The monoisotopic (exact) mass is 452 g/mol. The van der Waals surface area contributed by atoms with Crippen molar-refractivity contribution in [1.82, 2.24) is 9.80 Å². The highest BCUT2D eigenvalue weighted by Crippen LogP contribution is 2.28. The van der Waals surface area contributed by atoms with Crippen LogP contribution in [0, 0.1) is 13.8 Å². The molecule has 2 aliphatic heterocycles. The Bertz CT molecular complexity index is 1470. The van der Waals surface area contributed by atoms with Gasteiger partial charge in [-0.25, -0.2) is 0 Å². The number of nitrogens with zero attached hydrogens (tertiary/aromatic N) is 2. The number of carbonyl (C=O) groups excluding carboxylic acids is 5. The first-order chi connectivity index (χ1) is 16.2. The standard InChI is InChI=1S/C27H20N2O5/c1-14-4-5-16(10-15(14)2)13-29-26(33)20-9-7-18(12-22(20)27(29)34)23(30)17-6-8-19-21(11-17)25(32)28(3)24(19)31/h4-12H,13H2,1-3H3. The smallest absolute Gasteiger partial charge is 0.261 e. The maximum absolute atomic E-state index is 13.1. The number of ketones is 1. The van der Waals surface area contributed by atoms with E-state index in [1.54, 1.807) is 0 Å². The third kappa shape index (κ3) is 3.16. The number of rotatable bonds is 4. The fourth-order valence-electron chi connectivity index (χ4n) is 4.33. The number of hydrogen-bond donors (Lipinski definition) is 0. The van der Waals surface area contributed by atoms with Gasteiger partial charge in [-0.2, -0.15) is 0 Å². The topological polar surface area (TPSA) is 91.8 Å². The number of benzene rings is 3. The minimum Gasteiger partial charge on any atom is -0.289 e. The molecule has 7 nitrogen and oxygen atoms in total. The molecule has 0 spiro atoms. The minimum absolute atomic E-state index is 0.144. The van der Waals surface area contributed by atoms with Gasteiger partial charge in [-0.3, -0.25) is 33.8 Å². The summed E-state index contributed by atoms with van der Waals surface area (Å²) < 4.78 is 0. The summed E-state index contributed by atoms with van der Waals surface area (Å²) in [5.41, 5.74) is 4.33. The van der Waals surface area contributed by atoms with E-state index in [4.69, 9.17) is 0 Å². The molecule has 0 saturated heterocycles. The largest absolute Gasteiger partial charge is 0.289 e. The zero-order chi connectivity index (χ0) is 24.3. The maximum Gasteiger partial charge on any atom is 0.261 e. The summed E-state index contributed by atoms with van der Waals surface area (Å²) in [5, 5.41) is 0. The van der Waals surface area contributed by atoms with Crippen LogP contribution in [0.15, 0.2) is 54.6 Å². The minimum atomic E-state index is -0.466. The molecule has 0 atom stereocenters. The van der Waals surface area contributed by atoms with Crippen molar-refractivity contribution >= 4 is 29.4 Å². The molecular formula is C27H20N2O5. The summed E-state index contributed by atoms with van der Waals surface area (Å²) in [4.78, 5) is 65.6. The second-order valence-corrected chi connectivity index (χ2v) is 8.63. The number of hydrogen-bond acceptors (Lipinski definition) is 5. The highest BCUT2D eigenvalue weighted by Gasteiger charge is 2.37. The first-order valence-corrected chi connectivity index (χ1v) is 10.7. The molecule has 2 aliphatic rings. The lowest BCUT2D eigenvalue weighted by Gasteiger charge is -2.14. The summed E-state index contributed by atoms with van der Waals surface area (Å²) in [6.07, 6.45) is 0. The molecule has 3 aromatic rings. The van der Waals surface area contributed by atoms with Gasteiger partial charge in [-0.05, 0) is 54.8 Å². The van der Waals surface area contributed by atoms with Crippen molar-refractivity contribution in [1.29, 1.82) is 0 Å². The SMILES string of the molecule is Cc1ccc(CN2C(=O)c3ccc(C(=O)c4ccc5c(c4)C(=O)N(C)C5=O)cc3C2=O)cc1C. The van der Waals surface area contributed by atoms with Crippen molar-refractivity contribution in [3.05, 3.63) is 105 Å². The molecular weight excluding hydrogens is 432 g/mol. The lowest BCUT2D eigenvalue weighted by molar-refractivity contribution is 0.0638. The lowest BCUT2D eigenvalue weighted by atomic mass is 9.96. The zero-order valence-corrected chi connectivity index (χ0v) is 18.8. The zero-order valence-electron chi connectivity index (χ0n) is 18.8. The molecule has 0 unspecified atom stereocenters. The number of aryl methyl sites for hydroxylation is 2. The van der Waals surface area contributed by atoms with E-state index >= 15 is 0 Å². The second-order valence-electron chi connectivity index (χ2n) is 8.63. The third-order valence-electron chi connectivity index (χ3n) is 6.50. The lowest BCUT2D eigenvalue weighted by Crippen LogP contribution is -2.29. The molecule has 0 radical (unpaired) electrons. The Balaban J connectivity index is 1.44. The van der Waals surface area contributed by atoms with Gasteiger partial charge in [0.2, 0.25) is 0 Å². The molecule has 0 N–H and O–H groups in total. The molecule has 4 amide bonds. The molecule has 2 heterocycles. The molecule has 7 heteroatoms. The third-order valence-corrected chi connectivity index (χ3v) is 6.50. The van der Waals surface area contributed by atoms with Gasteiger partial charge in [0.15, 0.2) is 5.78 Å². The molecule has 0 aromatic heterocycles. The van der Waals surface area contributed by atoms with Crippen LogP contribution in [0.25, 0.3) is 0 Å². The predicted molar refractivity (Wildman–Crippen MR) is 123 cm³/mol. The Labute approximate surface area is 195 Å². The van der Waals surface area contributed by atoms with E-state index in [0.717, 1.165) is 21.6 Å². The van der Waals surface area contributed by atoms with Gasteiger partial charge in [0.1, 0.15) is 0 Å². The van der Waals surface area contributed by atoms with Gasteiger partial charge in [-0.1, -0.05) is 30.3 Å². The Morgan fingerprint density at radius 3 is 1.79 bits per heavy atom. The second kappa shape index (κ2) is 7.59. The predicted octanol–water partition coefficient (Wildman–Crippen LogP) is 3.56. The van der Waals surface area contributed by atoms with Crippen molar-refractivity contribution in [2.45, 2.75) is 20.4 Å². The first-order valence-electron chi connectivity index (χ1n) is 10.7. The summed E-state index contributed by atoms with van der Waals surface area (Å²) >= 11 is 0. The van der Waals surface area contributed by atoms with E-state index in [-0.39, 0.29) is 39.9 Å². The van der Waals surface area contributed by atoms with Gasteiger partial charge in [0.05, 0.1) is 28.8 Å². The Morgan fingerprint density at radius 1 is 0.647 bits per heavy atom. The van der Waals surface area contributed by atoms with Gasteiger partial charge in [-0.15, -0.1) is 0 Å². The van der Waals surface area contributed by atoms with E-state index in [1.807, 2.05) is 32.0 Å².